The molecule has 0 aliphatic heterocycles. The van der Waals surface area contributed by atoms with E-state index in [1.54, 1.807) is 7.05 Å². The smallest absolute Gasteiger partial charge is 0.191 e. The molecule has 0 fully saturated rings. The Hall–Kier alpha value is -2.40. The van der Waals surface area contributed by atoms with Crippen LogP contribution in [-0.2, 0) is 5.41 Å². The maximum atomic E-state index is 13.1. The number of guanidine groups is 1. The summed E-state index contributed by atoms with van der Waals surface area (Å²) in [4.78, 5) is 4.25. The fourth-order valence-corrected chi connectivity index (χ4v) is 2.76. The van der Waals surface area contributed by atoms with Crippen molar-refractivity contribution in [1.82, 2.24) is 10.6 Å². The molecule has 5 heteroatoms. The second kappa shape index (κ2) is 9.34. The molecule has 0 saturated heterocycles. The van der Waals surface area contributed by atoms with Crippen molar-refractivity contribution in [2.24, 2.45) is 4.99 Å². The molecule has 140 valence electrons. The first kappa shape index (κ1) is 19.9. The highest BCUT2D eigenvalue weighted by atomic mass is 19.1. The van der Waals surface area contributed by atoms with Crippen molar-refractivity contribution >= 4 is 5.96 Å². The molecule has 0 aliphatic rings. The van der Waals surface area contributed by atoms with Crippen LogP contribution in [-0.4, -0.2) is 37.8 Å². The number of benzene rings is 2. The van der Waals surface area contributed by atoms with Crippen molar-refractivity contribution in [3.63, 3.8) is 0 Å². The molecule has 2 rings (SSSR count). The molecule has 4 nitrogen and oxygen atoms in total. The van der Waals surface area contributed by atoms with Gasteiger partial charge in [-0.3, -0.25) is 4.99 Å². The average Bonchev–Trinajstić information content (AvgIpc) is 2.66. The molecule has 0 aromatic heterocycles. The Morgan fingerprint density at radius 3 is 2.31 bits per heavy atom. The second-order valence-corrected chi connectivity index (χ2v) is 6.99. The Balaban J connectivity index is 1.92. The van der Waals surface area contributed by atoms with Crippen LogP contribution in [0.3, 0.4) is 0 Å². The monoisotopic (exact) mass is 357 g/mol. The summed E-state index contributed by atoms with van der Waals surface area (Å²) in [6.45, 7) is 5.49. The lowest BCUT2D eigenvalue weighted by atomic mass is 9.84. The topological polar surface area (TPSA) is 56.7 Å². The Bertz CT molecular complexity index is 699. The van der Waals surface area contributed by atoms with Crippen molar-refractivity contribution in [3.05, 3.63) is 71.5 Å². The van der Waals surface area contributed by atoms with Crippen molar-refractivity contribution in [3.8, 4) is 0 Å². The van der Waals surface area contributed by atoms with Gasteiger partial charge in [0.25, 0.3) is 0 Å². The SMILES string of the molecule is CN=C(NCC(CO)c1ccccc1)NCC(C)(C)c1ccc(F)cc1. The van der Waals surface area contributed by atoms with Gasteiger partial charge >= 0.3 is 0 Å². The molecule has 3 N–H and O–H groups in total. The number of hydrogen-bond acceptors (Lipinski definition) is 2. The maximum absolute atomic E-state index is 13.1. The number of hydrogen-bond donors (Lipinski definition) is 3. The minimum atomic E-state index is -0.231. The van der Waals surface area contributed by atoms with Crippen LogP contribution in [0.2, 0.25) is 0 Å². The number of rotatable bonds is 7. The van der Waals surface area contributed by atoms with Gasteiger partial charge in [0.05, 0.1) is 6.61 Å². The van der Waals surface area contributed by atoms with E-state index in [0.717, 1.165) is 11.1 Å². The lowest BCUT2D eigenvalue weighted by Crippen LogP contribution is -2.44. The predicted molar refractivity (Wildman–Crippen MR) is 105 cm³/mol. The molecule has 0 saturated carbocycles. The molecule has 0 amide bonds. The largest absolute Gasteiger partial charge is 0.396 e. The molecule has 1 unspecified atom stereocenters. The second-order valence-electron chi connectivity index (χ2n) is 6.99. The van der Waals surface area contributed by atoms with E-state index in [-0.39, 0.29) is 23.8 Å². The Labute approximate surface area is 155 Å². The zero-order valence-corrected chi connectivity index (χ0v) is 15.7. The quantitative estimate of drug-likeness (QED) is 0.527. The lowest BCUT2D eigenvalue weighted by Gasteiger charge is -2.27. The highest BCUT2D eigenvalue weighted by Crippen LogP contribution is 2.22. The van der Waals surface area contributed by atoms with Gasteiger partial charge < -0.3 is 15.7 Å². The summed E-state index contributed by atoms with van der Waals surface area (Å²) in [5, 5.41) is 16.3. The molecule has 2 aromatic carbocycles. The first-order chi connectivity index (χ1) is 12.5. The standard InChI is InChI=1S/C21H28FN3O/c1-21(2,18-9-11-19(22)12-10-18)15-25-20(23-3)24-13-17(14-26)16-7-5-4-6-8-16/h4-12,17,26H,13-15H2,1-3H3,(H2,23,24,25). The summed E-state index contributed by atoms with van der Waals surface area (Å²) in [7, 11) is 1.72. The van der Waals surface area contributed by atoms with Gasteiger partial charge in [-0.1, -0.05) is 56.3 Å². The van der Waals surface area contributed by atoms with Crippen molar-refractivity contribution in [1.29, 1.82) is 0 Å². The maximum Gasteiger partial charge on any atom is 0.191 e. The van der Waals surface area contributed by atoms with Gasteiger partial charge in [-0.05, 0) is 23.3 Å². The summed E-state index contributed by atoms with van der Waals surface area (Å²) >= 11 is 0. The molecule has 26 heavy (non-hydrogen) atoms. The number of halogens is 1. The summed E-state index contributed by atoms with van der Waals surface area (Å²) in [6, 6.07) is 16.5. The Morgan fingerprint density at radius 1 is 1.08 bits per heavy atom. The van der Waals surface area contributed by atoms with Crippen LogP contribution in [0.5, 0.6) is 0 Å². The normalized spacial score (nSPS) is 13.3. The minimum absolute atomic E-state index is 0.000131. The zero-order chi connectivity index (χ0) is 19.0. The molecular formula is C21H28FN3O. The van der Waals surface area contributed by atoms with Crippen LogP contribution in [0.4, 0.5) is 4.39 Å². The van der Waals surface area contributed by atoms with Crippen LogP contribution in [0.15, 0.2) is 59.6 Å². The van der Waals surface area contributed by atoms with Crippen molar-refractivity contribution in [2.75, 3.05) is 26.7 Å². The van der Waals surface area contributed by atoms with Crippen LogP contribution < -0.4 is 10.6 Å². The summed E-state index contributed by atoms with van der Waals surface area (Å²) in [6.07, 6.45) is 0. The summed E-state index contributed by atoms with van der Waals surface area (Å²) < 4.78 is 13.1. The van der Waals surface area contributed by atoms with Crippen LogP contribution in [0.1, 0.15) is 30.9 Å². The highest BCUT2D eigenvalue weighted by Gasteiger charge is 2.21. The van der Waals surface area contributed by atoms with Crippen molar-refractivity contribution < 1.29 is 9.50 Å². The van der Waals surface area contributed by atoms with Gasteiger partial charge in [-0.25, -0.2) is 4.39 Å². The molecule has 0 bridgehead atoms. The van der Waals surface area contributed by atoms with E-state index in [4.69, 9.17) is 0 Å². The third-order valence-electron chi connectivity index (χ3n) is 4.55. The van der Waals surface area contributed by atoms with Gasteiger partial charge in [-0.15, -0.1) is 0 Å². The number of aliphatic hydroxyl groups excluding tert-OH is 1. The molecule has 0 heterocycles. The van der Waals surface area contributed by atoms with E-state index < -0.39 is 0 Å². The van der Waals surface area contributed by atoms with Gasteiger partial charge in [0.2, 0.25) is 0 Å². The number of aliphatic imine (C=N–C) groups is 1. The Morgan fingerprint density at radius 2 is 1.73 bits per heavy atom. The minimum Gasteiger partial charge on any atom is -0.396 e. The fourth-order valence-electron chi connectivity index (χ4n) is 2.76. The van der Waals surface area contributed by atoms with Crippen LogP contribution >= 0.6 is 0 Å². The van der Waals surface area contributed by atoms with Gasteiger partial charge in [0, 0.05) is 31.5 Å². The van der Waals surface area contributed by atoms with Gasteiger partial charge in [0.15, 0.2) is 5.96 Å². The van der Waals surface area contributed by atoms with Crippen molar-refractivity contribution in [2.45, 2.75) is 25.2 Å². The molecule has 0 spiro atoms. The molecule has 2 aromatic rings. The van der Waals surface area contributed by atoms with E-state index in [1.807, 2.05) is 42.5 Å². The summed E-state index contributed by atoms with van der Waals surface area (Å²) in [5.41, 5.74) is 1.96. The first-order valence-corrected chi connectivity index (χ1v) is 8.82. The number of nitrogens with one attached hydrogen (secondary N) is 2. The van der Waals surface area contributed by atoms with E-state index in [2.05, 4.69) is 29.5 Å². The van der Waals surface area contributed by atoms with Crippen LogP contribution in [0.25, 0.3) is 0 Å². The lowest BCUT2D eigenvalue weighted by molar-refractivity contribution is 0.265. The van der Waals surface area contributed by atoms with E-state index in [9.17, 15) is 9.50 Å². The Kier molecular flexibility index (Phi) is 7.16. The van der Waals surface area contributed by atoms with Gasteiger partial charge in [0.1, 0.15) is 5.82 Å². The number of aliphatic hydroxyl groups is 1. The highest BCUT2D eigenvalue weighted by molar-refractivity contribution is 5.79. The fraction of sp³-hybridized carbons (Fsp3) is 0.381. The van der Waals surface area contributed by atoms with E-state index in [0.29, 0.717) is 19.0 Å². The predicted octanol–water partition coefficient (Wildman–Crippen LogP) is 3.04. The molecular weight excluding hydrogens is 329 g/mol. The van der Waals surface area contributed by atoms with Gasteiger partial charge in [-0.2, -0.15) is 0 Å². The molecule has 1 atom stereocenters. The van der Waals surface area contributed by atoms with E-state index in [1.165, 1.54) is 12.1 Å². The number of nitrogens with zero attached hydrogens (tertiary/aromatic N) is 1. The first-order valence-electron chi connectivity index (χ1n) is 8.82. The third-order valence-corrected chi connectivity index (χ3v) is 4.55. The van der Waals surface area contributed by atoms with E-state index >= 15 is 0 Å². The van der Waals surface area contributed by atoms with Crippen LogP contribution in [0, 0.1) is 5.82 Å². The third kappa shape index (κ3) is 5.56. The zero-order valence-electron chi connectivity index (χ0n) is 15.7. The average molecular weight is 357 g/mol. The summed E-state index contributed by atoms with van der Waals surface area (Å²) in [5.74, 6) is 0.445. The molecule has 0 radical (unpaired) electrons. The molecule has 0 aliphatic carbocycles.